The fraction of sp³-hybridized carbons (Fsp3) is 1.00. The van der Waals surface area contributed by atoms with Crippen molar-refractivity contribution >= 4 is 0 Å². The summed E-state index contributed by atoms with van der Waals surface area (Å²) in [6.45, 7) is 9.68. The van der Waals surface area contributed by atoms with Crippen LogP contribution in [0.2, 0.25) is 0 Å². The predicted molar refractivity (Wildman–Crippen MR) is 48.9 cm³/mol. The van der Waals surface area contributed by atoms with E-state index in [0.717, 1.165) is 6.61 Å². The Hall–Kier alpha value is -0.0800. The maximum absolute atomic E-state index is 5.16. The first kappa shape index (κ1) is 13.5. The van der Waals surface area contributed by atoms with Crippen LogP contribution in [0.15, 0.2) is 0 Å². The van der Waals surface area contributed by atoms with Gasteiger partial charge >= 0.3 is 0 Å². The lowest BCUT2D eigenvalue weighted by atomic mass is 10.4. The van der Waals surface area contributed by atoms with Crippen molar-refractivity contribution < 1.29 is 9.47 Å². The summed E-state index contributed by atoms with van der Waals surface area (Å²) < 4.78 is 9.99. The number of methoxy groups -OCH3 is 1. The minimum absolute atomic E-state index is 0.241. The van der Waals surface area contributed by atoms with Crippen molar-refractivity contribution in [3.8, 4) is 0 Å². The molecule has 0 aromatic carbocycles. The smallest absolute Gasteiger partial charge is 0.0780 e. The van der Waals surface area contributed by atoms with Crippen molar-refractivity contribution in [2.24, 2.45) is 0 Å². The number of rotatable bonds is 4. The molecule has 0 aliphatic heterocycles. The highest BCUT2D eigenvalue weighted by atomic mass is 16.5. The highest BCUT2D eigenvalue weighted by molar-refractivity contribution is 4.43. The van der Waals surface area contributed by atoms with Gasteiger partial charge in [0.1, 0.15) is 0 Å². The summed E-state index contributed by atoms with van der Waals surface area (Å²) in [5.41, 5.74) is 0. The molecule has 0 aromatic rings. The van der Waals surface area contributed by atoms with Crippen LogP contribution in [0.1, 0.15) is 34.1 Å². The molecule has 0 N–H and O–H groups in total. The van der Waals surface area contributed by atoms with Crippen LogP contribution in [0, 0.1) is 0 Å². The molecule has 2 heteroatoms. The van der Waals surface area contributed by atoms with Gasteiger partial charge in [-0.05, 0) is 13.8 Å². The molecule has 0 aromatic heterocycles. The average molecular weight is 162 g/mol. The molecule has 0 fully saturated rings. The van der Waals surface area contributed by atoms with E-state index in [0.29, 0.717) is 6.61 Å². The van der Waals surface area contributed by atoms with Gasteiger partial charge in [-0.1, -0.05) is 20.3 Å². The lowest BCUT2D eigenvalue weighted by Crippen LogP contribution is -2.13. The molecule has 0 rings (SSSR count). The maximum Gasteiger partial charge on any atom is 0.0780 e. The molecule has 70 valence electrons. The topological polar surface area (TPSA) is 18.5 Å². The molecule has 1 unspecified atom stereocenters. The van der Waals surface area contributed by atoms with Crippen molar-refractivity contribution in [1.29, 1.82) is 0 Å². The fourth-order valence-electron chi connectivity index (χ4n) is 0.567. The lowest BCUT2D eigenvalue weighted by molar-refractivity contribution is 0.0155. The van der Waals surface area contributed by atoms with Gasteiger partial charge < -0.3 is 9.47 Å². The summed E-state index contributed by atoms with van der Waals surface area (Å²) >= 11 is 0. The molecule has 0 saturated heterocycles. The minimum atomic E-state index is 0.241. The second-order valence-electron chi connectivity index (χ2n) is 2.43. The van der Waals surface area contributed by atoms with Gasteiger partial charge in [-0.15, -0.1) is 0 Å². The van der Waals surface area contributed by atoms with E-state index in [2.05, 4.69) is 13.8 Å². The van der Waals surface area contributed by atoms with Gasteiger partial charge in [0.25, 0.3) is 0 Å². The quantitative estimate of drug-likeness (QED) is 0.632. The molecule has 0 bridgehead atoms. The van der Waals surface area contributed by atoms with Gasteiger partial charge in [0.2, 0.25) is 0 Å². The molecule has 0 aliphatic rings. The highest BCUT2D eigenvalue weighted by Crippen LogP contribution is 1.88. The fourth-order valence-corrected chi connectivity index (χ4v) is 0.567. The van der Waals surface area contributed by atoms with E-state index >= 15 is 0 Å². The Morgan fingerprint density at radius 3 is 1.91 bits per heavy atom. The van der Waals surface area contributed by atoms with Gasteiger partial charge in [0.15, 0.2) is 0 Å². The standard InChI is InChI=1S/C6H14O2.C3H8/c1-4-8-6(2)5-7-3;1-3-2/h6H,4-5H2,1-3H3;3H2,1-2H3. The third kappa shape index (κ3) is 17.8. The molecule has 2 nitrogen and oxygen atoms in total. The van der Waals surface area contributed by atoms with Gasteiger partial charge in [0, 0.05) is 13.7 Å². The van der Waals surface area contributed by atoms with Crippen molar-refractivity contribution in [2.75, 3.05) is 20.3 Å². The van der Waals surface area contributed by atoms with Crippen LogP contribution < -0.4 is 0 Å². The Kier molecular flexibility index (Phi) is 15.4. The van der Waals surface area contributed by atoms with Crippen LogP contribution in [0.3, 0.4) is 0 Å². The molecule has 0 spiro atoms. The van der Waals surface area contributed by atoms with Gasteiger partial charge in [0.05, 0.1) is 12.7 Å². The SMILES string of the molecule is CCC.CCOC(C)COC. The average Bonchev–Trinajstić information content (AvgIpc) is 1.90. The van der Waals surface area contributed by atoms with E-state index in [1.807, 2.05) is 13.8 Å². The van der Waals surface area contributed by atoms with E-state index in [1.54, 1.807) is 7.11 Å². The molecule has 1 atom stereocenters. The Bertz CT molecular complexity index is 49.5. The monoisotopic (exact) mass is 162 g/mol. The molecular formula is C9H22O2. The zero-order valence-corrected chi connectivity index (χ0v) is 8.52. The van der Waals surface area contributed by atoms with Crippen LogP contribution in [-0.4, -0.2) is 26.4 Å². The summed E-state index contributed by atoms with van der Waals surface area (Å²) in [7, 11) is 1.68. The number of hydrogen-bond acceptors (Lipinski definition) is 2. The van der Waals surface area contributed by atoms with Crippen molar-refractivity contribution in [3.05, 3.63) is 0 Å². The van der Waals surface area contributed by atoms with Crippen molar-refractivity contribution in [1.82, 2.24) is 0 Å². The minimum Gasteiger partial charge on any atom is -0.382 e. The second-order valence-corrected chi connectivity index (χ2v) is 2.43. The Morgan fingerprint density at radius 1 is 1.18 bits per heavy atom. The number of ether oxygens (including phenoxy) is 2. The Morgan fingerprint density at radius 2 is 1.64 bits per heavy atom. The van der Waals surface area contributed by atoms with Crippen LogP contribution >= 0.6 is 0 Å². The van der Waals surface area contributed by atoms with Gasteiger partial charge in [-0.3, -0.25) is 0 Å². The second kappa shape index (κ2) is 12.6. The van der Waals surface area contributed by atoms with E-state index < -0.39 is 0 Å². The zero-order chi connectivity index (χ0) is 9.11. The molecule has 11 heavy (non-hydrogen) atoms. The first-order valence-electron chi connectivity index (χ1n) is 4.33. The maximum atomic E-state index is 5.16. The normalized spacial score (nSPS) is 11.7. The lowest BCUT2D eigenvalue weighted by Gasteiger charge is -2.08. The third-order valence-corrected chi connectivity index (χ3v) is 0.853. The third-order valence-electron chi connectivity index (χ3n) is 0.853. The summed E-state index contributed by atoms with van der Waals surface area (Å²) in [6.07, 6.45) is 1.49. The first-order valence-corrected chi connectivity index (χ1v) is 4.33. The van der Waals surface area contributed by atoms with E-state index in [-0.39, 0.29) is 6.10 Å². The summed E-state index contributed by atoms with van der Waals surface area (Å²) in [4.78, 5) is 0. The van der Waals surface area contributed by atoms with Gasteiger partial charge in [-0.2, -0.15) is 0 Å². The Labute approximate surface area is 70.9 Å². The molecule has 0 saturated carbocycles. The van der Waals surface area contributed by atoms with Crippen molar-refractivity contribution in [2.45, 2.75) is 40.2 Å². The largest absolute Gasteiger partial charge is 0.382 e. The Balaban J connectivity index is 0. The summed E-state index contributed by atoms with van der Waals surface area (Å²) in [5, 5.41) is 0. The van der Waals surface area contributed by atoms with Gasteiger partial charge in [-0.25, -0.2) is 0 Å². The molecule has 0 radical (unpaired) electrons. The van der Waals surface area contributed by atoms with Crippen LogP contribution in [0.4, 0.5) is 0 Å². The molecule has 0 aliphatic carbocycles. The number of hydrogen-bond donors (Lipinski definition) is 0. The zero-order valence-electron chi connectivity index (χ0n) is 8.52. The van der Waals surface area contributed by atoms with Crippen molar-refractivity contribution in [3.63, 3.8) is 0 Å². The summed E-state index contributed by atoms with van der Waals surface area (Å²) in [5.74, 6) is 0. The molecule has 0 heterocycles. The van der Waals surface area contributed by atoms with Crippen LogP contribution in [-0.2, 0) is 9.47 Å². The molecule has 0 amide bonds. The van der Waals surface area contributed by atoms with E-state index in [1.165, 1.54) is 6.42 Å². The van der Waals surface area contributed by atoms with E-state index in [9.17, 15) is 0 Å². The van der Waals surface area contributed by atoms with E-state index in [4.69, 9.17) is 9.47 Å². The van der Waals surface area contributed by atoms with Crippen LogP contribution in [0.25, 0.3) is 0 Å². The highest BCUT2D eigenvalue weighted by Gasteiger charge is 1.96. The molecular weight excluding hydrogens is 140 g/mol. The predicted octanol–water partition coefficient (Wildman–Crippen LogP) is 2.47. The summed E-state index contributed by atoms with van der Waals surface area (Å²) in [6, 6.07) is 0. The van der Waals surface area contributed by atoms with Crippen LogP contribution in [0.5, 0.6) is 0 Å². The first-order chi connectivity index (χ1) is 5.22.